The van der Waals surface area contributed by atoms with Crippen molar-refractivity contribution in [3.63, 3.8) is 0 Å². The lowest BCUT2D eigenvalue weighted by Crippen LogP contribution is -2.11. The molecule has 0 aliphatic rings. The molecule has 0 saturated heterocycles. The molecule has 0 amide bonds. The Bertz CT molecular complexity index is 437. The van der Waals surface area contributed by atoms with Gasteiger partial charge in [0, 0.05) is 12.0 Å². The Kier molecular flexibility index (Phi) is 5.36. The summed E-state index contributed by atoms with van der Waals surface area (Å²) in [6, 6.07) is 4.92. The van der Waals surface area contributed by atoms with E-state index in [4.69, 9.17) is 9.47 Å². The Morgan fingerprint density at radius 2 is 1.94 bits per heavy atom. The molecule has 98 valence electrons. The Hall–Kier alpha value is -1.84. The Balaban J connectivity index is 2.76. The van der Waals surface area contributed by atoms with Crippen molar-refractivity contribution in [2.45, 2.75) is 26.7 Å². The van der Waals surface area contributed by atoms with Crippen molar-refractivity contribution in [1.82, 2.24) is 0 Å². The molecule has 0 saturated carbocycles. The Morgan fingerprint density at radius 3 is 2.50 bits per heavy atom. The highest BCUT2D eigenvalue weighted by atomic mass is 16.5. The van der Waals surface area contributed by atoms with Gasteiger partial charge < -0.3 is 9.47 Å². The van der Waals surface area contributed by atoms with E-state index in [-0.39, 0.29) is 18.2 Å². The summed E-state index contributed by atoms with van der Waals surface area (Å²) in [7, 11) is 1.50. The Morgan fingerprint density at radius 1 is 1.22 bits per heavy atom. The summed E-state index contributed by atoms with van der Waals surface area (Å²) in [6.45, 7) is 3.46. The fourth-order valence-corrected chi connectivity index (χ4v) is 1.52. The highest BCUT2D eigenvalue weighted by Crippen LogP contribution is 2.28. The molecule has 0 aliphatic heterocycles. The van der Waals surface area contributed by atoms with Gasteiger partial charge in [0.15, 0.2) is 23.1 Å². The predicted octanol–water partition coefficient (Wildman–Crippen LogP) is 2.65. The fraction of sp³-hybridized carbons (Fsp3) is 0.429. The summed E-state index contributed by atoms with van der Waals surface area (Å²) >= 11 is 0. The van der Waals surface area contributed by atoms with Crippen LogP contribution in [0.25, 0.3) is 0 Å². The minimum Gasteiger partial charge on any atom is -0.493 e. The maximum absolute atomic E-state index is 11.4. The van der Waals surface area contributed by atoms with Gasteiger partial charge >= 0.3 is 0 Å². The molecule has 1 rings (SSSR count). The zero-order valence-electron chi connectivity index (χ0n) is 11.0. The largest absolute Gasteiger partial charge is 0.493 e. The molecule has 0 radical (unpaired) electrons. The molecule has 1 aromatic rings. The van der Waals surface area contributed by atoms with E-state index in [2.05, 4.69) is 0 Å². The molecule has 4 heteroatoms. The summed E-state index contributed by atoms with van der Waals surface area (Å²) in [4.78, 5) is 22.6. The van der Waals surface area contributed by atoms with Crippen molar-refractivity contribution >= 4 is 11.6 Å². The van der Waals surface area contributed by atoms with Crippen molar-refractivity contribution in [3.8, 4) is 11.5 Å². The number of hydrogen-bond acceptors (Lipinski definition) is 4. The van der Waals surface area contributed by atoms with E-state index in [1.807, 2.05) is 6.92 Å². The summed E-state index contributed by atoms with van der Waals surface area (Å²) in [6.07, 6.45) is 1.32. The molecule has 0 atom stereocenters. The van der Waals surface area contributed by atoms with Crippen LogP contribution in [0.2, 0.25) is 0 Å². The minimum atomic E-state index is -0.0399. The molecule has 0 aromatic heterocycles. The van der Waals surface area contributed by atoms with Gasteiger partial charge in [-0.3, -0.25) is 9.59 Å². The van der Waals surface area contributed by atoms with Crippen LogP contribution in [0.3, 0.4) is 0 Å². The van der Waals surface area contributed by atoms with Crippen molar-refractivity contribution in [1.29, 1.82) is 0 Å². The third-order valence-electron chi connectivity index (χ3n) is 2.49. The molecule has 0 heterocycles. The van der Waals surface area contributed by atoms with E-state index < -0.39 is 0 Å². The van der Waals surface area contributed by atoms with Gasteiger partial charge in [0.05, 0.1) is 7.11 Å². The molecule has 0 aliphatic carbocycles. The van der Waals surface area contributed by atoms with E-state index in [1.165, 1.54) is 14.0 Å². The number of ether oxygens (including phenoxy) is 2. The molecular formula is C14H18O4. The van der Waals surface area contributed by atoms with Gasteiger partial charge in [0.25, 0.3) is 0 Å². The average Bonchev–Trinajstić information content (AvgIpc) is 2.36. The van der Waals surface area contributed by atoms with Crippen molar-refractivity contribution in [3.05, 3.63) is 23.8 Å². The van der Waals surface area contributed by atoms with E-state index in [0.717, 1.165) is 6.42 Å². The molecule has 4 nitrogen and oxygen atoms in total. The SMILES string of the molecule is CCCC(=O)COc1ccc(C(C)=O)cc1OC. The van der Waals surface area contributed by atoms with Crippen molar-refractivity contribution < 1.29 is 19.1 Å². The third kappa shape index (κ3) is 3.87. The van der Waals surface area contributed by atoms with Crippen molar-refractivity contribution in [2.24, 2.45) is 0 Å². The van der Waals surface area contributed by atoms with Crippen LogP contribution in [0, 0.1) is 0 Å². The number of methoxy groups -OCH3 is 1. The predicted molar refractivity (Wildman–Crippen MR) is 68.4 cm³/mol. The molecule has 0 N–H and O–H groups in total. The molecule has 0 unspecified atom stereocenters. The molecule has 18 heavy (non-hydrogen) atoms. The molecular weight excluding hydrogens is 232 g/mol. The van der Waals surface area contributed by atoms with Crippen LogP contribution in [0.1, 0.15) is 37.0 Å². The smallest absolute Gasteiger partial charge is 0.170 e. The summed E-state index contributed by atoms with van der Waals surface area (Å²) in [5.74, 6) is 0.955. The first-order valence-electron chi connectivity index (χ1n) is 5.92. The highest BCUT2D eigenvalue weighted by molar-refractivity contribution is 5.94. The van der Waals surface area contributed by atoms with Gasteiger partial charge in [-0.15, -0.1) is 0 Å². The van der Waals surface area contributed by atoms with Crippen LogP contribution in [-0.4, -0.2) is 25.3 Å². The number of carbonyl (C=O) groups excluding carboxylic acids is 2. The first kappa shape index (κ1) is 14.2. The molecule has 0 spiro atoms. The normalized spacial score (nSPS) is 9.94. The number of carbonyl (C=O) groups is 2. The van der Waals surface area contributed by atoms with Crippen molar-refractivity contribution in [2.75, 3.05) is 13.7 Å². The first-order chi connectivity index (χ1) is 8.58. The number of benzene rings is 1. The van der Waals surface area contributed by atoms with Gasteiger partial charge in [0.2, 0.25) is 0 Å². The van der Waals surface area contributed by atoms with Gasteiger partial charge in [-0.1, -0.05) is 6.92 Å². The fourth-order valence-electron chi connectivity index (χ4n) is 1.52. The number of rotatable bonds is 7. The lowest BCUT2D eigenvalue weighted by molar-refractivity contribution is -0.121. The Labute approximate surface area is 107 Å². The standard InChI is InChI=1S/C14H18O4/c1-4-5-12(16)9-18-13-7-6-11(10(2)15)8-14(13)17-3/h6-8H,4-5,9H2,1-3H3. The van der Waals surface area contributed by atoms with E-state index >= 15 is 0 Å². The van der Waals surface area contributed by atoms with E-state index in [1.54, 1.807) is 18.2 Å². The van der Waals surface area contributed by atoms with Crippen LogP contribution in [0.15, 0.2) is 18.2 Å². The lowest BCUT2D eigenvalue weighted by Gasteiger charge is -2.10. The highest BCUT2D eigenvalue weighted by Gasteiger charge is 2.09. The van der Waals surface area contributed by atoms with E-state index in [0.29, 0.717) is 23.5 Å². The second-order valence-electron chi connectivity index (χ2n) is 4.00. The van der Waals surface area contributed by atoms with Crippen LogP contribution in [0.5, 0.6) is 11.5 Å². The van der Waals surface area contributed by atoms with Crippen LogP contribution >= 0.6 is 0 Å². The van der Waals surface area contributed by atoms with Gasteiger partial charge in [-0.2, -0.15) is 0 Å². The summed E-state index contributed by atoms with van der Waals surface area (Å²) < 4.78 is 10.5. The monoisotopic (exact) mass is 250 g/mol. The topological polar surface area (TPSA) is 52.6 Å². The maximum Gasteiger partial charge on any atom is 0.170 e. The van der Waals surface area contributed by atoms with Crippen LogP contribution < -0.4 is 9.47 Å². The first-order valence-corrected chi connectivity index (χ1v) is 5.92. The summed E-state index contributed by atoms with van der Waals surface area (Å²) in [5.41, 5.74) is 0.555. The average molecular weight is 250 g/mol. The zero-order chi connectivity index (χ0) is 13.5. The zero-order valence-corrected chi connectivity index (χ0v) is 11.0. The van der Waals surface area contributed by atoms with Crippen LogP contribution in [0.4, 0.5) is 0 Å². The number of hydrogen-bond donors (Lipinski definition) is 0. The second-order valence-corrected chi connectivity index (χ2v) is 4.00. The summed E-state index contributed by atoms with van der Waals surface area (Å²) in [5, 5.41) is 0. The second kappa shape index (κ2) is 6.79. The quantitative estimate of drug-likeness (QED) is 0.698. The molecule has 0 fully saturated rings. The minimum absolute atomic E-state index is 0.0314. The van der Waals surface area contributed by atoms with Gasteiger partial charge in [0.1, 0.15) is 6.61 Å². The van der Waals surface area contributed by atoms with E-state index in [9.17, 15) is 9.59 Å². The molecule has 0 bridgehead atoms. The van der Waals surface area contributed by atoms with Gasteiger partial charge in [-0.25, -0.2) is 0 Å². The third-order valence-corrected chi connectivity index (χ3v) is 2.49. The number of Topliss-reactive ketones (excluding diaryl/α,β-unsaturated/α-hetero) is 2. The number of ketones is 2. The lowest BCUT2D eigenvalue weighted by atomic mass is 10.1. The molecule has 1 aromatic carbocycles. The maximum atomic E-state index is 11.4. The van der Waals surface area contributed by atoms with Crippen LogP contribution in [-0.2, 0) is 4.79 Å². The van der Waals surface area contributed by atoms with Gasteiger partial charge in [-0.05, 0) is 31.5 Å².